The number of piperidine rings is 1. The first-order chi connectivity index (χ1) is 8.24. The minimum absolute atomic E-state index is 0.192. The maximum atomic E-state index is 6.01. The van der Waals surface area contributed by atoms with E-state index < -0.39 is 0 Å². The van der Waals surface area contributed by atoms with Gasteiger partial charge < -0.3 is 15.2 Å². The lowest BCUT2D eigenvalue weighted by Gasteiger charge is -2.55. The predicted octanol–water partition coefficient (Wildman–Crippen LogP) is 0.994. The first-order valence-electron chi connectivity index (χ1n) is 6.83. The Morgan fingerprint density at radius 1 is 1.35 bits per heavy atom. The van der Waals surface area contributed by atoms with Gasteiger partial charge in [0.2, 0.25) is 0 Å². The van der Waals surface area contributed by atoms with E-state index in [0.29, 0.717) is 12.2 Å². The number of likely N-dealkylation sites (tertiary alicyclic amines) is 1. The van der Waals surface area contributed by atoms with Crippen LogP contribution in [-0.4, -0.2) is 56.0 Å². The summed E-state index contributed by atoms with van der Waals surface area (Å²) in [6, 6.07) is 0. The molecule has 2 aliphatic rings. The summed E-state index contributed by atoms with van der Waals surface area (Å²) in [5.74, 6) is 0. The molecule has 1 atom stereocenters. The Balaban J connectivity index is 1.90. The Morgan fingerprint density at radius 3 is 2.71 bits per heavy atom. The van der Waals surface area contributed by atoms with Gasteiger partial charge in [-0.3, -0.25) is 4.90 Å². The molecule has 0 amide bonds. The van der Waals surface area contributed by atoms with Gasteiger partial charge in [0.15, 0.2) is 0 Å². The van der Waals surface area contributed by atoms with Crippen LogP contribution in [0.1, 0.15) is 32.6 Å². The van der Waals surface area contributed by atoms with Gasteiger partial charge in [-0.15, -0.1) is 0 Å². The van der Waals surface area contributed by atoms with E-state index in [9.17, 15) is 0 Å². The van der Waals surface area contributed by atoms with Crippen molar-refractivity contribution in [3.05, 3.63) is 0 Å². The summed E-state index contributed by atoms with van der Waals surface area (Å²) in [5, 5.41) is 0. The highest BCUT2D eigenvalue weighted by Crippen LogP contribution is 2.40. The minimum Gasteiger partial charge on any atom is -0.380 e. The van der Waals surface area contributed by atoms with Crippen molar-refractivity contribution < 1.29 is 9.47 Å². The third-order valence-electron chi connectivity index (χ3n) is 4.38. The van der Waals surface area contributed by atoms with Crippen molar-refractivity contribution in [1.82, 2.24) is 4.90 Å². The van der Waals surface area contributed by atoms with Crippen LogP contribution in [0.15, 0.2) is 0 Å². The Kier molecular flexibility index (Phi) is 4.42. The molecule has 2 rings (SSSR count). The molecule has 4 nitrogen and oxygen atoms in total. The smallest absolute Gasteiger partial charge is 0.0698 e. The topological polar surface area (TPSA) is 47.7 Å². The van der Waals surface area contributed by atoms with Gasteiger partial charge in [0.25, 0.3) is 0 Å². The van der Waals surface area contributed by atoms with Crippen LogP contribution >= 0.6 is 0 Å². The lowest BCUT2D eigenvalue weighted by molar-refractivity contribution is -0.120. The van der Waals surface area contributed by atoms with Gasteiger partial charge >= 0.3 is 0 Å². The summed E-state index contributed by atoms with van der Waals surface area (Å²) in [6.45, 7) is 5.81. The first-order valence-corrected chi connectivity index (χ1v) is 6.83. The number of methoxy groups -OCH3 is 1. The fourth-order valence-corrected chi connectivity index (χ4v) is 3.26. The molecule has 0 aromatic rings. The van der Waals surface area contributed by atoms with Crippen molar-refractivity contribution in [2.75, 3.05) is 33.4 Å². The second-order valence-corrected chi connectivity index (χ2v) is 5.36. The summed E-state index contributed by atoms with van der Waals surface area (Å²) >= 11 is 0. The number of nitrogens with two attached hydrogens (primary N) is 1. The van der Waals surface area contributed by atoms with Crippen molar-refractivity contribution in [2.45, 2.75) is 50.4 Å². The van der Waals surface area contributed by atoms with Crippen molar-refractivity contribution in [3.63, 3.8) is 0 Å². The van der Waals surface area contributed by atoms with Gasteiger partial charge in [-0.05, 0) is 39.2 Å². The Labute approximate surface area is 104 Å². The summed E-state index contributed by atoms with van der Waals surface area (Å²) in [7, 11) is 1.81. The molecule has 2 N–H and O–H groups in total. The number of hydrogen-bond donors (Lipinski definition) is 1. The van der Waals surface area contributed by atoms with Gasteiger partial charge in [0.1, 0.15) is 0 Å². The second-order valence-electron chi connectivity index (χ2n) is 5.36. The van der Waals surface area contributed by atoms with Crippen molar-refractivity contribution in [1.29, 1.82) is 0 Å². The van der Waals surface area contributed by atoms with Crippen LogP contribution in [0.25, 0.3) is 0 Å². The molecular formula is C13H26N2O2. The first kappa shape index (κ1) is 13.3. The third kappa shape index (κ3) is 2.65. The van der Waals surface area contributed by atoms with Gasteiger partial charge in [-0.25, -0.2) is 0 Å². The van der Waals surface area contributed by atoms with E-state index >= 15 is 0 Å². The average Bonchev–Trinajstić information content (AvgIpc) is 2.33. The molecule has 0 aromatic heterocycles. The van der Waals surface area contributed by atoms with Crippen molar-refractivity contribution >= 4 is 0 Å². The standard InChI is InChI=1S/C13H26N2O2/c1-3-17-12-7-13(8-12,10-14)15-6-4-5-11(9-15)16-2/h11-12H,3-10,14H2,1-2H3. The molecule has 1 aliphatic carbocycles. The highest BCUT2D eigenvalue weighted by atomic mass is 16.5. The molecule has 100 valence electrons. The van der Waals surface area contributed by atoms with Crippen LogP contribution in [0.3, 0.4) is 0 Å². The van der Waals surface area contributed by atoms with Crippen molar-refractivity contribution in [2.24, 2.45) is 5.73 Å². The average molecular weight is 242 g/mol. The monoisotopic (exact) mass is 242 g/mol. The molecule has 1 saturated heterocycles. The molecule has 0 aromatic carbocycles. The molecule has 17 heavy (non-hydrogen) atoms. The van der Waals surface area contributed by atoms with E-state index in [-0.39, 0.29) is 5.54 Å². The number of ether oxygens (including phenoxy) is 2. The molecule has 2 fully saturated rings. The van der Waals surface area contributed by atoms with Crippen LogP contribution in [0.2, 0.25) is 0 Å². The van der Waals surface area contributed by atoms with Gasteiger partial charge in [0.05, 0.1) is 12.2 Å². The number of nitrogens with zero attached hydrogens (tertiary/aromatic N) is 1. The molecule has 1 aliphatic heterocycles. The van der Waals surface area contributed by atoms with E-state index in [0.717, 1.165) is 39.1 Å². The van der Waals surface area contributed by atoms with E-state index in [2.05, 4.69) is 11.8 Å². The largest absolute Gasteiger partial charge is 0.380 e. The Bertz CT molecular complexity index is 242. The highest BCUT2D eigenvalue weighted by molar-refractivity contribution is 5.05. The van der Waals surface area contributed by atoms with Crippen LogP contribution in [0.5, 0.6) is 0 Å². The maximum Gasteiger partial charge on any atom is 0.0698 e. The van der Waals surface area contributed by atoms with E-state index in [1.165, 1.54) is 12.8 Å². The normalized spacial score (nSPS) is 39.0. The molecule has 4 heteroatoms. The summed E-state index contributed by atoms with van der Waals surface area (Å²) in [5.41, 5.74) is 6.20. The summed E-state index contributed by atoms with van der Waals surface area (Å²) in [6.07, 6.45) is 5.40. The fourth-order valence-electron chi connectivity index (χ4n) is 3.26. The quantitative estimate of drug-likeness (QED) is 0.781. The third-order valence-corrected chi connectivity index (χ3v) is 4.38. The zero-order chi connectivity index (χ0) is 12.3. The fraction of sp³-hybridized carbons (Fsp3) is 1.00. The van der Waals surface area contributed by atoms with E-state index in [1.54, 1.807) is 0 Å². The predicted molar refractivity (Wildman–Crippen MR) is 68.0 cm³/mol. The molecule has 0 bridgehead atoms. The van der Waals surface area contributed by atoms with Gasteiger partial charge in [-0.1, -0.05) is 0 Å². The van der Waals surface area contributed by atoms with Crippen LogP contribution in [0, 0.1) is 0 Å². The lowest BCUT2D eigenvalue weighted by Crippen LogP contribution is -2.66. The summed E-state index contributed by atoms with van der Waals surface area (Å²) in [4.78, 5) is 2.54. The minimum atomic E-state index is 0.192. The van der Waals surface area contributed by atoms with Crippen LogP contribution in [-0.2, 0) is 9.47 Å². The lowest BCUT2D eigenvalue weighted by atomic mass is 9.72. The SMILES string of the molecule is CCOC1CC(CN)(N2CCCC(OC)C2)C1. The number of rotatable bonds is 5. The van der Waals surface area contributed by atoms with Crippen LogP contribution < -0.4 is 5.73 Å². The zero-order valence-electron chi connectivity index (χ0n) is 11.2. The van der Waals surface area contributed by atoms with Crippen LogP contribution in [0.4, 0.5) is 0 Å². The van der Waals surface area contributed by atoms with Gasteiger partial charge in [-0.2, -0.15) is 0 Å². The highest BCUT2D eigenvalue weighted by Gasteiger charge is 2.48. The molecule has 0 radical (unpaired) electrons. The second kappa shape index (κ2) is 5.65. The van der Waals surface area contributed by atoms with E-state index in [4.69, 9.17) is 15.2 Å². The maximum absolute atomic E-state index is 6.01. The molecule has 1 unspecified atom stereocenters. The van der Waals surface area contributed by atoms with Crippen molar-refractivity contribution in [3.8, 4) is 0 Å². The zero-order valence-corrected chi connectivity index (χ0v) is 11.2. The molecule has 1 heterocycles. The number of hydrogen-bond acceptors (Lipinski definition) is 4. The molecule has 1 saturated carbocycles. The van der Waals surface area contributed by atoms with E-state index in [1.807, 2.05) is 7.11 Å². The Hall–Kier alpha value is -0.160. The van der Waals surface area contributed by atoms with Gasteiger partial charge in [0, 0.05) is 32.3 Å². The molecule has 0 spiro atoms. The summed E-state index contributed by atoms with van der Waals surface area (Å²) < 4.78 is 11.2. The molecular weight excluding hydrogens is 216 g/mol. The Morgan fingerprint density at radius 2 is 2.12 bits per heavy atom.